The van der Waals surface area contributed by atoms with Crippen LogP contribution in [0.1, 0.15) is 29.2 Å². The highest BCUT2D eigenvalue weighted by atomic mass is 32.1. The maximum absolute atomic E-state index is 10.8. The summed E-state index contributed by atoms with van der Waals surface area (Å²) in [7, 11) is 0. The van der Waals surface area contributed by atoms with E-state index in [1.807, 2.05) is 6.92 Å². The fourth-order valence-electron chi connectivity index (χ4n) is 1.97. The molecule has 1 aromatic heterocycles. The Morgan fingerprint density at radius 2 is 2.06 bits per heavy atom. The molecular weight excluding hydrogens is 224 g/mol. The molecule has 5 heteroatoms. The minimum absolute atomic E-state index is 0.215. The van der Waals surface area contributed by atoms with Crippen molar-refractivity contribution in [3.8, 4) is 0 Å². The molecule has 1 aliphatic rings. The first-order valence-electron chi connectivity index (χ1n) is 5.43. The Balaban J connectivity index is 2.19. The van der Waals surface area contributed by atoms with Gasteiger partial charge in [-0.05, 0) is 20.8 Å². The highest BCUT2D eigenvalue weighted by molar-refractivity contribution is 7.17. The smallest absolute Gasteiger partial charge is 0.186 e. The lowest BCUT2D eigenvalue weighted by Gasteiger charge is -2.35. The van der Waals surface area contributed by atoms with E-state index in [1.165, 1.54) is 11.3 Å². The average molecular weight is 240 g/mol. The zero-order valence-electron chi connectivity index (χ0n) is 9.77. The lowest BCUT2D eigenvalue weighted by molar-refractivity contribution is -0.00523. The van der Waals surface area contributed by atoms with Crippen molar-refractivity contribution in [1.29, 1.82) is 0 Å². The van der Waals surface area contributed by atoms with Crippen LogP contribution in [0.5, 0.6) is 0 Å². The highest BCUT2D eigenvalue weighted by Gasteiger charge is 2.24. The molecule has 2 atom stereocenters. The maximum atomic E-state index is 10.8. The van der Waals surface area contributed by atoms with Crippen LogP contribution in [0.4, 0.5) is 5.13 Å². The number of thiazole rings is 1. The summed E-state index contributed by atoms with van der Waals surface area (Å²) in [6.45, 7) is 7.68. The zero-order chi connectivity index (χ0) is 11.7. The first kappa shape index (κ1) is 11.5. The van der Waals surface area contributed by atoms with E-state index in [-0.39, 0.29) is 12.2 Å². The third kappa shape index (κ3) is 2.25. The Bertz CT molecular complexity index is 381. The quantitative estimate of drug-likeness (QED) is 0.740. The number of aromatic nitrogens is 1. The number of anilines is 1. The summed E-state index contributed by atoms with van der Waals surface area (Å²) in [6, 6.07) is 0. The van der Waals surface area contributed by atoms with Crippen LogP contribution in [0.25, 0.3) is 0 Å². The second-order valence-electron chi connectivity index (χ2n) is 4.23. The summed E-state index contributed by atoms with van der Waals surface area (Å²) >= 11 is 1.46. The van der Waals surface area contributed by atoms with Gasteiger partial charge < -0.3 is 9.64 Å². The van der Waals surface area contributed by atoms with E-state index >= 15 is 0 Å². The predicted molar refractivity (Wildman–Crippen MR) is 64.5 cm³/mol. The third-order valence-corrected chi connectivity index (χ3v) is 3.76. The van der Waals surface area contributed by atoms with Gasteiger partial charge in [-0.1, -0.05) is 11.3 Å². The van der Waals surface area contributed by atoms with Gasteiger partial charge in [0, 0.05) is 13.1 Å². The second kappa shape index (κ2) is 4.51. The molecule has 0 N–H and O–H groups in total. The van der Waals surface area contributed by atoms with Crippen LogP contribution in [-0.2, 0) is 4.74 Å². The molecule has 0 saturated carbocycles. The van der Waals surface area contributed by atoms with Crippen molar-refractivity contribution < 1.29 is 9.53 Å². The number of carbonyl (C=O) groups excluding carboxylic acids is 1. The molecule has 0 bridgehead atoms. The van der Waals surface area contributed by atoms with Gasteiger partial charge >= 0.3 is 0 Å². The number of carbonyl (C=O) groups is 1. The van der Waals surface area contributed by atoms with E-state index < -0.39 is 0 Å². The normalized spacial score (nSPS) is 25.8. The number of morpholine rings is 1. The largest absolute Gasteiger partial charge is 0.372 e. The Hall–Kier alpha value is -0.940. The van der Waals surface area contributed by atoms with Crippen LogP contribution >= 0.6 is 11.3 Å². The number of hydrogen-bond acceptors (Lipinski definition) is 5. The summed E-state index contributed by atoms with van der Waals surface area (Å²) < 4.78 is 5.67. The molecule has 0 radical (unpaired) electrons. The fraction of sp³-hybridized carbons (Fsp3) is 0.636. The molecule has 2 unspecified atom stereocenters. The number of aryl methyl sites for hydroxylation is 1. The lowest BCUT2D eigenvalue weighted by atomic mass is 10.2. The molecule has 1 saturated heterocycles. The second-order valence-corrected chi connectivity index (χ2v) is 5.24. The number of nitrogens with zero attached hydrogens (tertiary/aromatic N) is 2. The third-order valence-electron chi connectivity index (χ3n) is 2.62. The van der Waals surface area contributed by atoms with E-state index in [0.717, 1.165) is 35.1 Å². The SMILES string of the molecule is Cc1nc(N2CC(C)OC(C)C2)sc1C=O. The van der Waals surface area contributed by atoms with Gasteiger partial charge in [0.05, 0.1) is 22.8 Å². The van der Waals surface area contributed by atoms with Crippen molar-refractivity contribution in [2.75, 3.05) is 18.0 Å². The minimum Gasteiger partial charge on any atom is -0.372 e. The first-order valence-corrected chi connectivity index (χ1v) is 6.24. The van der Waals surface area contributed by atoms with E-state index in [2.05, 4.69) is 23.7 Å². The Morgan fingerprint density at radius 1 is 1.44 bits per heavy atom. The van der Waals surface area contributed by atoms with E-state index in [4.69, 9.17) is 4.74 Å². The first-order chi connectivity index (χ1) is 7.60. The summed E-state index contributed by atoms with van der Waals surface area (Å²) in [5.41, 5.74) is 0.821. The van der Waals surface area contributed by atoms with Gasteiger partial charge in [-0.15, -0.1) is 0 Å². The molecule has 16 heavy (non-hydrogen) atoms. The molecule has 0 amide bonds. The van der Waals surface area contributed by atoms with Crippen molar-refractivity contribution in [2.24, 2.45) is 0 Å². The zero-order valence-corrected chi connectivity index (χ0v) is 10.6. The highest BCUT2D eigenvalue weighted by Crippen LogP contribution is 2.27. The Kier molecular flexibility index (Phi) is 3.25. The van der Waals surface area contributed by atoms with Crippen molar-refractivity contribution in [3.05, 3.63) is 10.6 Å². The minimum atomic E-state index is 0.215. The molecule has 88 valence electrons. The van der Waals surface area contributed by atoms with E-state index in [0.29, 0.717) is 0 Å². The molecular formula is C11H16N2O2S. The van der Waals surface area contributed by atoms with Gasteiger partial charge in [0.25, 0.3) is 0 Å². The molecule has 2 heterocycles. The molecule has 0 aromatic carbocycles. The molecule has 1 aliphatic heterocycles. The number of ether oxygens (including phenoxy) is 1. The van der Waals surface area contributed by atoms with Crippen LogP contribution in [0.15, 0.2) is 0 Å². The summed E-state index contributed by atoms with van der Waals surface area (Å²) in [5.74, 6) is 0. The van der Waals surface area contributed by atoms with Gasteiger partial charge in [0.2, 0.25) is 0 Å². The molecule has 1 aromatic rings. The van der Waals surface area contributed by atoms with Gasteiger partial charge in [0.15, 0.2) is 11.4 Å². The standard InChI is InChI=1S/C11H16N2O2S/c1-7-4-13(5-8(2)15-7)11-12-9(3)10(6-14)16-11/h6-8H,4-5H2,1-3H3. The Labute approximate surface area is 99.2 Å². The molecule has 1 fully saturated rings. The molecule has 4 nitrogen and oxygen atoms in total. The number of rotatable bonds is 2. The van der Waals surface area contributed by atoms with Crippen molar-refractivity contribution in [3.63, 3.8) is 0 Å². The van der Waals surface area contributed by atoms with Gasteiger partial charge in [0.1, 0.15) is 0 Å². The van der Waals surface area contributed by atoms with Crippen molar-refractivity contribution >= 4 is 22.8 Å². The average Bonchev–Trinajstić information content (AvgIpc) is 2.58. The van der Waals surface area contributed by atoms with Crippen LogP contribution < -0.4 is 4.90 Å². The van der Waals surface area contributed by atoms with Crippen LogP contribution in [0.2, 0.25) is 0 Å². The van der Waals surface area contributed by atoms with Crippen molar-refractivity contribution in [1.82, 2.24) is 4.98 Å². The van der Waals surface area contributed by atoms with Gasteiger partial charge in [-0.25, -0.2) is 4.98 Å². The summed E-state index contributed by atoms with van der Waals surface area (Å²) in [4.78, 5) is 18.1. The van der Waals surface area contributed by atoms with Crippen LogP contribution in [0, 0.1) is 6.92 Å². The number of aldehydes is 1. The van der Waals surface area contributed by atoms with Gasteiger partial charge in [-0.2, -0.15) is 0 Å². The molecule has 0 spiro atoms. The topological polar surface area (TPSA) is 42.4 Å². The lowest BCUT2D eigenvalue weighted by Crippen LogP contribution is -2.45. The van der Waals surface area contributed by atoms with Crippen molar-refractivity contribution in [2.45, 2.75) is 33.0 Å². The van der Waals surface area contributed by atoms with Crippen LogP contribution in [-0.4, -0.2) is 36.6 Å². The van der Waals surface area contributed by atoms with Crippen LogP contribution in [0.3, 0.4) is 0 Å². The molecule has 0 aliphatic carbocycles. The monoisotopic (exact) mass is 240 g/mol. The van der Waals surface area contributed by atoms with Gasteiger partial charge in [-0.3, -0.25) is 4.79 Å². The summed E-state index contributed by atoms with van der Waals surface area (Å²) in [6.07, 6.45) is 1.31. The van der Waals surface area contributed by atoms with E-state index in [9.17, 15) is 4.79 Å². The number of hydrogen-bond donors (Lipinski definition) is 0. The summed E-state index contributed by atoms with van der Waals surface area (Å²) in [5, 5.41) is 0.932. The Morgan fingerprint density at radius 3 is 2.56 bits per heavy atom. The molecule has 2 rings (SSSR count). The fourth-order valence-corrected chi connectivity index (χ4v) is 2.87. The maximum Gasteiger partial charge on any atom is 0.186 e. The van der Waals surface area contributed by atoms with E-state index in [1.54, 1.807) is 0 Å². The predicted octanol–water partition coefficient (Wildman–Crippen LogP) is 1.88.